The van der Waals surface area contributed by atoms with Gasteiger partial charge in [-0.3, -0.25) is 4.79 Å². The summed E-state index contributed by atoms with van der Waals surface area (Å²) in [5.41, 5.74) is 0.277. The second-order valence-corrected chi connectivity index (χ2v) is 7.65. The minimum absolute atomic E-state index is 0.0184. The number of benzene rings is 1. The molecule has 0 aliphatic heterocycles. The molecule has 5 rings (SSSR count). The number of aromatic carboxylic acids is 1. The van der Waals surface area contributed by atoms with Crippen LogP contribution in [0.3, 0.4) is 0 Å². The number of carbonyl (C=O) groups is 2. The minimum atomic E-state index is -1.36. The summed E-state index contributed by atoms with van der Waals surface area (Å²) < 4.78 is 36.1. The number of fused-ring (bicyclic) bond motifs is 3. The van der Waals surface area contributed by atoms with Gasteiger partial charge in [-0.1, -0.05) is 29.8 Å². The van der Waals surface area contributed by atoms with Crippen LogP contribution in [0.25, 0.3) is 27.4 Å². The number of carbonyl (C=O) groups excluding carboxylic acids is 1. The van der Waals surface area contributed by atoms with Crippen molar-refractivity contribution in [2.75, 3.05) is 0 Å². The van der Waals surface area contributed by atoms with Gasteiger partial charge < -0.3 is 14.1 Å². The van der Waals surface area contributed by atoms with E-state index in [4.69, 9.17) is 16.0 Å². The smallest absolute Gasteiger partial charge is 0.353 e. The lowest BCUT2D eigenvalue weighted by atomic mass is 9.93. The number of hydrogen-bond donors (Lipinski definition) is 1. The molecule has 1 N–H and O–H groups in total. The van der Waals surface area contributed by atoms with Gasteiger partial charge in [0.1, 0.15) is 28.1 Å². The Morgan fingerprint density at radius 3 is 2.84 bits per heavy atom. The zero-order valence-corrected chi connectivity index (χ0v) is 17.0. The van der Waals surface area contributed by atoms with E-state index in [2.05, 4.69) is 4.98 Å². The maximum atomic E-state index is 14.9. The number of hydrogen-bond acceptors (Lipinski definition) is 4. The molecule has 0 saturated heterocycles. The van der Waals surface area contributed by atoms with Gasteiger partial charge in [0.05, 0.1) is 35.3 Å². The molecule has 0 saturated carbocycles. The number of ketones is 1. The van der Waals surface area contributed by atoms with Crippen LogP contribution in [-0.2, 0) is 11.3 Å². The molecule has 4 aromatic rings. The third-order valence-corrected chi connectivity index (χ3v) is 5.63. The Labute approximate surface area is 184 Å². The predicted octanol–water partition coefficient (Wildman–Crippen LogP) is 5.37. The Morgan fingerprint density at radius 2 is 2.09 bits per heavy atom. The molecule has 3 heterocycles. The highest BCUT2D eigenvalue weighted by Gasteiger charge is 2.31. The Bertz CT molecular complexity index is 1510. The number of aromatic nitrogens is 2. The molecule has 1 aromatic carbocycles. The number of halogens is 3. The van der Waals surface area contributed by atoms with E-state index in [9.17, 15) is 23.5 Å². The molecule has 6 nitrogen and oxygen atoms in total. The molecule has 0 fully saturated rings. The van der Waals surface area contributed by atoms with Crippen molar-refractivity contribution in [2.24, 2.45) is 0 Å². The van der Waals surface area contributed by atoms with Crippen molar-refractivity contribution in [1.29, 1.82) is 0 Å². The molecule has 3 aromatic heterocycles. The number of carboxylic acids is 1. The fourth-order valence-electron chi connectivity index (χ4n) is 4.06. The average Bonchev–Trinajstić information content (AvgIpc) is 3.35. The number of furan rings is 1. The first-order chi connectivity index (χ1) is 15.4. The highest BCUT2D eigenvalue weighted by Crippen LogP contribution is 2.40. The van der Waals surface area contributed by atoms with E-state index in [1.165, 1.54) is 29.0 Å². The SMILES string of the molecule is O=C1CC=CC=C1c1c(C(=O)O)n(Cc2cc(Cl)ncc2F)c2cc(F)c3ccoc3c12. The lowest BCUT2D eigenvalue weighted by Gasteiger charge is -2.12. The van der Waals surface area contributed by atoms with Crippen LogP contribution in [0.2, 0.25) is 5.15 Å². The molecule has 9 heteroatoms. The standard InChI is InChI=1S/C23H13ClF2N2O4/c24-18-7-11(15(26)9-27-18)10-28-16-8-14(25)12-5-6-32-22(12)20(16)19(21(28)23(30)31)13-3-1-2-4-17(13)29/h1-3,5-9H,4,10H2,(H,30,31). The second kappa shape index (κ2) is 7.42. The van der Waals surface area contributed by atoms with Crippen LogP contribution in [-0.4, -0.2) is 26.4 Å². The van der Waals surface area contributed by atoms with Crippen LogP contribution in [0, 0.1) is 11.6 Å². The monoisotopic (exact) mass is 454 g/mol. The van der Waals surface area contributed by atoms with Crippen molar-refractivity contribution < 1.29 is 27.9 Å². The van der Waals surface area contributed by atoms with Crippen LogP contribution in [0.4, 0.5) is 8.78 Å². The Balaban J connectivity index is 1.93. The number of Topliss-reactive ketones (excluding diaryl/α,β-unsaturated/α-hetero) is 1. The molecule has 0 spiro atoms. The third-order valence-electron chi connectivity index (χ3n) is 5.42. The molecule has 1 aliphatic carbocycles. The normalized spacial score (nSPS) is 13.8. The van der Waals surface area contributed by atoms with Crippen molar-refractivity contribution >= 4 is 50.8 Å². The van der Waals surface area contributed by atoms with Gasteiger partial charge in [0.2, 0.25) is 0 Å². The Kier molecular flexibility index (Phi) is 4.67. The summed E-state index contributed by atoms with van der Waals surface area (Å²) >= 11 is 5.90. The topological polar surface area (TPSA) is 85.3 Å². The van der Waals surface area contributed by atoms with Crippen LogP contribution < -0.4 is 0 Å². The number of rotatable bonds is 4. The summed E-state index contributed by atoms with van der Waals surface area (Å²) in [6.45, 7) is -0.283. The zero-order chi connectivity index (χ0) is 22.6. The zero-order valence-electron chi connectivity index (χ0n) is 16.2. The lowest BCUT2D eigenvalue weighted by molar-refractivity contribution is -0.113. The number of nitrogens with zero attached hydrogens (tertiary/aromatic N) is 2. The first-order valence-corrected chi connectivity index (χ1v) is 9.90. The van der Waals surface area contributed by atoms with Gasteiger partial charge in [-0.15, -0.1) is 0 Å². The van der Waals surface area contributed by atoms with E-state index in [0.29, 0.717) is 0 Å². The summed E-state index contributed by atoms with van der Waals surface area (Å²) in [5, 5.41) is 10.5. The molecular weight excluding hydrogens is 442 g/mol. The van der Waals surface area contributed by atoms with Gasteiger partial charge in [-0.05, 0) is 18.2 Å². The van der Waals surface area contributed by atoms with Crippen molar-refractivity contribution in [2.45, 2.75) is 13.0 Å². The molecular formula is C23H13ClF2N2O4. The maximum Gasteiger partial charge on any atom is 0.353 e. The van der Waals surface area contributed by atoms with Gasteiger partial charge >= 0.3 is 5.97 Å². The van der Waals surface area contributed by atoms with Gasteiger partial charge in [0.25, 0.3) is 0 Å². The summed E-state index contributed by atoms with van der Waals surface area (Å²) in [4.78, 5) is 28.8. The summed E-state index contributed by atoms with van der Waals surface area (Å²) in [6, 6.07) is 3.85. The highest BCUT2D eigenvalue weighted by molar-refractivity contribution is 6.30. The van der Waals surface area contributed by atoms with Crippen molar-refractivity contribution in [3.8, 4) is 0 Å². The molecule has 0 atom stereocenters. The van der Waals surface area contributed by atoms with E-state index in [1.807, 2.05) is 0 Å². The van der Waals surface area contributed by atoms with Crippen LogP contribution in [0.15, 0.2) is 53.3 Å². The molecule has 0 amide bonds. The van der Waals surface area contributed by atoms with Gasteiger partial charge in [0.15, 0.2) is 5.78 Å². The first kappa shape index (κ1) is 20.1. The fraction of sp³-hybridized carbons (Fsp3) is 0.0870. The molecule has 32 heavy (non-hydrogen) atoms. The number of allylic oxidation sites excluding steroid dienone is 4. The summed E-state index contributed by atoms with van der Waals surface area (Å²) in [7, 11) is 0. The van der Waals surface area contributed by atoms with E-state index < -0.39 is 17.6 Å². The third kappa shape index (κ3) is 3.03. The molecule has 1 aliphatic rings. The van der Waals surface area contributed by atoms with E-state index in [-0.39, 0.29) is 68.2 Å². The molecule has 0 radical (unpaired) electrons. The summed E-state index contributed by atoms with van der Waals surface area (Å²) in [5.74, 6) is -3.00. The predicted molar refractivity (Wildman–Crippen MR) is 114 cm³/mol. The van der Waals surface area contributed by atoms with Crippen molar-refractivity contribution in [1.82, 2.24) is 9.55 Å². The first-order valence-electron chi connectivity index (χ1n) is 9.52. The molecule has 160 valence electrons. The lowest BCUT2D eigenvalue weighted by Crippen LogP contribution is -2.14. The van der Waals surface area contributed by atoms with Crippen molar-refractivity contribution in [3.05, 3.63) is 82.5 Å². The second-order valence-electron chi connectivity index (χ2n) is 7.27. The number of carboxylic acid groups (broad SMARTS) is 1. The maximum absolute atomic E-state index is 14.9. The quantitative estimate of drug-likeness (QED) is 0.419. The summed E-state index contributed by atoms with van der Waals surface area (Å²) in [6.07, 6.45) is 7.12. The van der Waals surface area contributed by atoms with Gasteiger partial charge in [-0.25, -0.2) is 18.6 Å². The largest absolute Gasteiger partial charge is 0.477 e. The van der Waals surface area contributed by atoms with Crippen LogP contribution in [0.1, 0.15) is 28.0 Å². The van der Waals surface area contributed by atoms with Crippen molar-refractivity contribution in [3.63, 3.8) is 0 Å². The van der Waals surface area contributed by atoms with E-state index in [0.717, 1.165) is 12.3 Å². The molecule has 0 unspecified atom stereocenters. The fourth-order valence-corrected chi connectivity index (χ4v) is 4.24. The van der Waals surface area contributed by atoms with Gasteiger partial charge in [-0.2, -0.15) is 0 Å². The van der Waals surface area contributed by atoms with Gasteiger partial charge in [0, 0.05) is 23.1 Å². The van der Waals surface area contributed by atoms with Crippen LogP contribution >= 0.6 is 11.6 Å². The molecule has 0 bridgehead atoms. The highest BCUT2D eigenvalue weighted by atomic mass is 35.5. The van der Waals surface area contributed by atoms with E-state index >= 15 is 0 Å². The Morgan fingerprint density at radius 1 is 1.28 bits per heavy atom. The number of pyridine rings is 1. The van der Waals surface area contributed by atoms with E-state index in [1.54, 1.807) is 12.2 Å². The average molecular weight is 455 g/mol. The van der Waals surface area contributed by atoms with Crippen LogP contribution in [0.5, 0.6) is 0 Å². The Hall–Kier alpha value is -3.78. The minimum Gasteiger partial charge on any atom is -0.477 e.